The smallest absolute Gasteiger partial charge is 0.0277 e. The van der Waals surface area contributed by atoms with Crippen LogP contribution in [0.1, 0.15) is 0 Å². The van der Waals surface area contributed by atoms with Gasteiger partial charge in [-0.2, -0.15) is 0 Å². The second kappa shape index (κ2) is 3.62. The van der Waals surface area contributed by atoms with Crippen molar-refractivity contribution in [2.45, 2.75) is 0 Å². The van der Waals surface area contributed by atoms with Crippen molar-refractivity contribution < 1.29 is 0 Å². The van der Waals surface area contributed by atoms with E-state index in [9.17, 15) is 0 Å². The van der Waals surface area contributed by atoms with Gasteiger partial charge in [-0.3, -0.25) is 0 Å². The Balaban J connectivity index is 3.75. The quantitative estimate of drug-likeness (QED) is 0.468. The Morgan fingerprint density at radius 1 is 1.83 bits per heavy atom. The molecule has 0 radical (unpaired) electrons. The summed E-state index contributed by atoms with van der Waals surface area (Å²) >= 11 is 2.16. The third-order valence-corrected chi connectivity index (χ3v) is 1.37. The molecule has 0 aliphatic rings. The van der Waals surface area contributed by atoms with Gasteiger partial charge in [-0.25, -0.2) is 4.74 Å². The van der Waals surface area contributed by atoms with Gasteiger partial charge in [0, 0.05) is 33.2 Å². The van der Waals surface area contributed by atoms with Crippen molar-refractivity contribution in [1.29, 1.82) is 0 Å². The van der Waals surface area contributed by atoms with Crippen molar-refractivity contribution in [3.05, 3.63) is 12.8 Å². The SMILES string of the molecule is C=CN=P(=C)I. The normalized spacial score (nSPS) is 11.2. The molecular weight excluding hydrogens is 208 g/mol. The van der Waals surface area contributed by atoms with Gasteiger partial charge >= 0.3 is 0 Å². The molecule has 1 atom stereocenters. The molecule has 0 saturated carbocycles. The van der Waals surface area contributed by atoms with E-state index in [1.807, 2.05) is 0 Å². The van der Waals surface area contributed by atoms with Crippen LogP contribution in [0.5, 0.6) is 0 Å². The minimum absolute atomic E-state index is 0.374. The van der Waals surface area contributed by atoms with Crippen LogP contribution in [0, 0.1) is 0 Å². The molecule has 0 aliphatic carbocycles. The van der Waals surface area contributed by atoms with Gasteiger partial charge < -0.3 is 0 Å². The van der Waals surface area contributed by atoms with Crippen molar-refractivity contribution >= 4 is 33.3 Å². The van der Waals surface area contributed by atoms with Crippen LogP contribution in [0.3, 0.4) is 0 Å². The number of hydrogen-bond donors (Lipinski definition) is 0. The topological polar surface area (TPSA) is 12.4 Å². The number of halogens is 1. The second-order valence-corrected chi connectivity index (χ2v) is 4.88. The zero-order chi connectivity index (χ0) is 4.99. The van der Waals surface area contributed by atoms with Crippen LogP contribution < -0.4 is 0 Å². The minimum Gasteiger partial charge on any atom is -0.237 e. The summed E-state index contributed by atoms with van der Waals surface area (Å²) in [5.74, 6) is 0. The van der Waals surface area contributed by atoms with Crippen LogP contribution in [0.4, 0.5) is 0 Å². The molecule has 0 aromatic heterocycles. The number of rotatable bonds is 1. The summed E-state index contributed by atoms with van der Waals surface area (Å²) in [4.78, 5) is -0.374. The summed E-state index contributed by atoms with van der Waals surface area (Å²) in [6.45, 7) is 3.41. The molecule has 1 nitrogen and oxygen atoms in total. The van der Waals surface area contributed by atoms with E-state index in [1.165, 1.54) is 6.20 Å². The molecule has 0 aliphatic heterocycles. The van der Waals surface area contributed by atoms with Gasteiger partial charge in [-0.1, -0.05) is 12.9 Å². The summed E-state index contributed by atoms with van der Waals surface area (Å²) in [7, 11) is 0. The van der Waals surface area contributed by atoms with E-state index in [0.29, 0.717) is 0 Å². The van der Waals surface area contributed by atoms with Crippen molar-refractivity contribution in [1.82, 2.24) is 0 Å². The van der Waals surface area contributed by atoms with E-state index in [0.717, 1.165) is 0 Å². The Hall–Kier alpha value is 0.440. The summed E-state index contributed by atoms with van der Waals surface area (Å²) in [5.41, 5.74) is 0. The highest BCUT2D eigenvalue weighted by atomic mass is 127. The van der Waals surface area contributed by atoms with Gasteiger partial charge in [0.2, 0.25) is 0 Å². The highest BCUT2D eigenvalue weighted by Crippen LogP contribution is 2.18. The zero-order valence-electron chi connectivity index (χ0n) is 3.26. The van der Waals surface area contributed by atoms with Crippen molar-refractivity contribution in [2.75, 3.05) is 0 Å². The Labute approximate surface area is 51.0 Å². The molecule has 0 amide bonds. The minimum atomic E-state index is -0.374. The third-order valence-electron chi connectivity index (χ3n) is 0.207. The van der Waals surface area contributed by atoms with Crippen LogP contribution in [-0.2, 0) is 0 Å². The van der Waals surface area contributed by atoms with Gasteiger partial charge in [0.1, 0.15) is 0 Å². The van der Waals surface area contributed by atoms with E-state index in [-0.39, 0.29) is 4.98 Å². The fourth-order valence-electron chi connectivity index (χ4n) is 0.0886. The first kappa shape index (κ1) is 6.44. The van der Waals surface area contributed by atoms with E-state index in [4.69, 9.17) is 0 Å². The van der Waals surface area contributed by atoms with E-state index in [2.05, 4.69) is 39.7 Å². The maximum atomic E-state index is 3.83. The number of hydrogen-bond acceptors (Lipinski definition) is 1. The molecule has 34 valence electrons. The third kappa shape index (κ3) is 4.44. The Bertz CT molecular complexity index is 112. The Kier molecular flexibility index (Phi) is 3.89. The summed E-state index contributed by atoms with van der Waals surface area (Å²) in [5, 5.41) is 0. The van der Waals surface area contributed by atoms with Crippen LogP contribution in [0.2, 0.25) is 0 Å². The Morgan fingerprint density at radius 3 is 2.33 bits per heavy atom. The predicted octanol–water partition coefficient (Wildman–Crippen LogP) is 2.58. The lowest BCUT2D eigenvalue weighted by molar-refractivity contribution is 1.69. The summed E-state index contributed by atoms with van der Waals surface area (Å²) < 4.78 is 3.83. The molecule has 0 aromatic rings. The second-order valence-electron chi connectivity index (χ2n) is 0.635. The lowest BCUT2D eigenvalue weighted by atomic mass is 11.1. The van der Waals surface area contributed by atoms with Gasteiger partial charge in [-0.15, -0.1) is 0 Å². The van der Waals surface area contributed by atoms with Crippen LogP contribution in [0.25, 0.3) is 0 Å². The maximum absolute atomic E-state index is 3.83. The molecule has 3 heteroatoms. The van der Waals surface area contributed by atoms with Crippen molar-refractivity contribution in [3.8, 4) is 0 Å². The molecule has 0 fully saturated rings. The highest BCUT2D eigenvalue weighted by Gasteiger charge is 1.53. The van der Waals surface area contributed by atoms with Gasteiger partial charge in [0.25, 0.3) is 0 Å². The van der Waals surface area contributed by atoms with Crippen LogP contribution >= 0.6 is 27.0 Å². The lowest BCUT2D eigenvalue weighted by Gasteiger charge is -1.64. The zero-order valence-corrected chi connectivity index (χ0v) is 6.32. The number of nitrogens with zero attached hydrogens (tertiary/aromatic N) is 1. The van der Waals surface area contributed by atoms with E-state index < -0.39 is 0 Å². The molecule has 0 aromatic carbocycles. The largest absolute Gasteiger partial charge is 0.237 e. The molecule has 0 rings (SSSR count). The Morgan fingerprint density at radius 2 is 2.33 bits per heavy atom. The first-order chi connectivity index (χ1) is 2.77. The molecule has 0 spiro atoms. The van der Waals surface area contributed by atoms with E-state index >= 15 is 0 Å². The molecule has 0 N–H and O–H groups in total. The van der Waals surface area contributed by atoms with E-state index in [1.54, 1.807) is 0 Å². The average Bonchev–Trinajstić information content (AvgIpc) is 1.35. The maximum Gasteiger partial charge on any atom is 0.0277 e. The molecule has 0 bridgehead atoms. The van der Waals surface area contributed by atoms with Gasteiger partial charge in [0.05, 0.1) is 0 Å². The van der Waals surface area contributed by atoms with Crippen molar-refractivity contribution in [2.24, 2.45) is 4.74 Å². The summed E-state index contributed by atoms with van der Waals surface area (Å²) in [6.07, 6.45) is 5.17. The van der Waals surface area contributed by atoms with Crippen molar-refractivity contribution in [3.63, 3.8) is 0 Å². The van der Waals surface area contributed by atoms with Crippen LogP contribution in [0.15, 0.2) is 17.5 Å². The molecule has 1 unspecified atom stereocenters. The monoisotopic (exact) mass is 213 g/mol. The fraction of sp³-hybridized carbons (Fsp3) is 0. The van der Waals surface area contributed by atoms with Gasteiger partial charge in [0.15, 0.2) is 0 Å². The first-order valence-electron chi connectivity index (χ1n) is 1.35. The van der Waals surface area contributed by atoms with Crippen LogP contribution in [-0.4, -0.2) is 6.30 Å². The lowest BCUT2D eigenvalue weighted by Crippen LogP contribution is -1.24. The molecule has 6 heavy (non-hydrogen) atoms. The molecule has 0 heterocycles. The molecular formula is C3H5INP. The first-order valence-corrected chi connectivity index (χ1v) is 5.62. The standard InChI is InChI=1S/C3H5INP/c1-3-5-6(2)4/h3H,1-2H2. The molecule has 0 saturated heterocycles. The van der Waals surface area contributed by atoms with Gasteiger partial charge in [-0.05, 0) is 0 Å². The fourth-order valence-corrected chi connectivity index (χ4v) is 0.794. The highest BCUT2D eigenvalue weighted by molar-refractivity contribution is 14.2. The predicted molar refractivity (Wildman–Crippen MR) is 40.7 cm³/mol. The summed E-state index contributed by atoms with van der Waals surface area (Å²) in [6, 6.07) is 0. The average molecular weight is 213 g/mol.